The summed E-state index contributed by atoms with van der Waals surface area (Å²) in [7, 11) is 0. The van der Waals surface area contributed by atoms with E-state index in [0.717, 1.165) is 37.7 Å². The Labute approximate surface area is 127 Å². The number of anilines is 2. The number of nitrogen functional groups attached to an aromatic ring is 1. The molecule has 0 radical (unpaired) electrons. The molecule has 3 heterocycles. The second-order valence-electron chi connectivity index (χ2n) is 5.13. The van der Waals surface area contributed by atoms with Crippen LogP contribution in [-0.4, -0.2) is 47.4 Å². The highest BCUT2D eigenvalue weighted by molar-refractivity contribution is 5.98. The van der Waals surface area contributed by atoms with Crippen LogP contribution >= 0.6 is 0 Å². The van der Waals surface area contributed by atoms with Gasteiger partial charge >= 0.3 is 0 Å². The lowest BCUT2D eigenvalue weighted by atomic mass is 10.1. The van der Waals surface area contributed by atoms with Gasteiger partial charge in [0.15, 0.2) is 5.82 Å². The van der Waals surface area contributed by atoms with Gasteiger partial charge in [0.2, 0.25) is 0 Å². The third-order valence-corrected chi connectivity index (χ3v) is 3.64. The largest absolute Gasteiger partial charge is 0.382 e. The van der Waals surface area contributed by atoms with Crippen LogP contribution in [0, 0.1) is 0 Å². The lowest BCUT2D eigenvalue weighted by molar-refractivity contribution is 0.100. The molecular formula is C14H18N6O2. The van der Waals surface area contributed by atoms with Gasteiger partial charge in [-0.05, 0) is 11.6 Å². The molecule has 1 aliphatic rings. The summed E-state index contributed by atoms with van der Waals surface area (Å²) in [6.45, 7) is 3.13. The summed E-state index contributed by atoms with van der Waals surface area (Å²) in [6, 6.07) is 3.93. The minimum atomic E-state index is -0.584. The van der Waals surface area contributed by atoms with E-state index in [4.69, 9.17) is 16.2 Å². The van der Waals surface area contributed by atoms with E-state index < -0.39 is 5.91 Å². The Morgan fingerprint density at radius 2 is 2.14 bits per heavy atom. The van der Waals surface area contributed by atoms with Crippen molar-refractivity contribution in [3.05, 3.63) is 35.2 Å². The lowest BCUT2D eigenvalue weighted by Crippen LogP contribution is -2.36. The van der Waals surface area contributed by atoms with Crippen molar-refractivity contribution in [2.45, 2.75) is 6.42 Å². The summed E-state index contributed by atoms with van der Waals surface area (Å²) < 4.78 is 5.33. The van der Waals surface area contributed by atoms with Gasteiger partial charge < -0.3 is 21.1 Å². The molecular weight excluding hydrogens is 284 g/mol. The van der Waals surface area contributed by atoms with Gasteiger partial charge in [0.05, 0.1) is 18.9 Å². The number of H-pyrrole nitrogens is 1. The first-order valence-corrected chi connectivity index (χ1v) is 7.05. The van der Waals surface area contributed by atoms with E-state index in [1.807, 2.05) is 12.1 Å². The molecule has 5 N–H and O–H groups in total. The van der Waals surface area contributed by atoms with Crippen LogP contribution in [0.1, 0.15) is 21.6 Å². The van der Waals surface area contributed by atoms with Gasteiger partial charge in [-0.3, -0.25) is 9.89 Å². The fourth-order valence-corrected chi connectivity index (χ4v) is 2.50. The summed E-state index contributed by atoms with van der Waals surface area (Å²) in [4.78, 5) is 18.0. The average molecular weight is 302 g/mol. The highest BCUT2D eigenvalue weighted by atomic mass is 16.5. The van der Waals surface area contributed by atoms with Crippen molar-refractivity contribution in [3.8, 4) is 0 Å². The van der Waals surface area contributed by atoms with Crippen molar-refractivity contribution in [3.63, 3.8) is 0 Å². The SMILES string of the molecule is NC(=O)c1c(N)n[nH]c1Cc1ccc(N2CCOCC2)nc1. The molecule has 22 heavy (non-hydrogen) atoms. The van der Waals surface area contributed by atoms with Gasteiger partial charge in [-0.15, -0.1) is 0 Å². The zero-order chi connectivity index (χ0) is 15.5. The van der Waals surface area contributed by atoms with E-state index in [1.165, 1.54) is 0 Å². The van der Waals surface area contributed by atoms with Crippen LogP contribution in [0.15, 0.2) is 18.3 Å². The van der Waals surface area contributed by atoms with Crippen molar-refractivity contribution in [1.29, 1.82) is 0 Å². The van der Waals surface area contributed by atoms with Crippen LogP contribution < -0.4 is 16.4 Å². The monoisotopic (exact) mass is 302 g/mol. The highest BCUT2D eigenvalue weighted by Gasteiger charge is 2.17. The van der Waals surface area contributed by atoms with Gasteiger partial charge in [-0.1, -0.05) is 6.07 Å². The number of hydrogen-bond donors (Lipinski definition) is 3. The maximum atomic E-state index is 11.4. The molecule has 0 spiro atoms. The average Bonchev–Trinajstić information content (AvgIpc) is 2.90. The molecule has 1 amide bonds. The van der Waals surface area contributed by atoms with Crippen LogP contribution in [0.4, 0.5) is 11.6 Å². The predicted octanol–water partition coefficient (Wildman–Crippen LogP) is -0.0868. The van der Waals surface area contributed by atoms with Crippen LogP contribution in [0.25, 0.3) is 0 Å². The summed E-state index contributed by atoms with van der Waals surface area (Å²) in [5.74, 6) is 0.464. The molecule has 116 valence electrons. The molecule has 8 nitrogen and oxygen atoms in total. The first-order valence-electron chi connectivity index (χ1n) is 7.05. The maximum absolute atomic E-state index is 11.4. The molecule has 0 atom stereocenters. The molecule has 0 saturated carbocycles. The van der Waals surface area contributed by atoms with Crippen LogP contribution in [0.3, 0.4) is 0 Å². The van der Waals surface area contributed by atoms with Crippen molar-refractivity contribution < 1.29 is 9.53 Å². The number of carbonyl (C=O) groups excluding carboxylic acids is 1. The summed E-state index contributed by atoms with van der Waals surface area (Å²) in [5, 5.41) is 6.59. The third kappa shape index (κ3) is 2.86. The molecule has 0 aliphatic carbocycles. The fraction of sp³-hybridized carbons (Fsp3) is 0.357. The van der Waals surface area contributed by atoms with Crippen LogP contribution in [-0.2, 0) is 11.2 Å². The Balaban J connectivity index is 1.75. The first-order chi connectivity index (χ1) is 10.6. The zero-order valence-corrected chi connectivity index (χ0v) is 12.1. The molecule has 8 heteroatoms. The molecule has 1 aliphatic heterocycles. The van der Waals surface area contributed by atoms with Gasteiger partial charge in [-0.25, -0.2) is 4.98 Å². The number of carbonyl (C=O) groups is 1. The summed E-state index contributed by atoms with van der Waals surface area (Å²) >= 11 is 0. The summed E-state index contributed by atoms with van der Waals surface area (Å²) in [5.41, 5.74) is 12.8. The van der Waals surface area contributed by atoms with Crippen molar-refractivity contribution in [2.24, 2.45) is 5.73 Å². The predicted molar refractivity (Wildman–Crippen MR) is 81.6 cm³/mol. The molecule has 0 bridgehead atoms. The van der Waals surface area contributed by atoms with Gasteiger partial charge in [0, 0.05) is 25.7 Å². The number of rotatable bonds is 4. The van der Waals surface area contributed by atoms with E-state index in [1.54, 1.807) is 6.20 Å². The number of amides is 1. The topological polar surface area (TPSA) is 123 Å². The number of morpholine rings is 1. The Morgan fingerprint density at radius 3 is 2.77 bits per heavy atom. The number of aromatic nitrogens is 3. The Hall–Kier alpha value is -2.61. The molecule has 0 unspecified atom stereocenters. The third-order valence-electron chi connectivity index (χ3n) is 3.64. The molecule has 1 saturated heterocycles. The van der Waals surface area contributed by atoms with E-state index in [2.05, 4.69) is 20.1 Å². The van der Waals surface area contributed by atoms with E-state index in [0.29, 0.717) is 12.1 Å². The summed E-state index contributed by atoms with van der Waals surface area (Å²) in [6.07, 6.45) is 2.26. The van der Waals surface area contributed by atoms with Crippen molar-refractivity contribution >= 4 is 17.5 Å². The molecule has 1 fully saturated rings. The number of ether oxygens (including phenoxy) is 1. The first kappa shape index (κ1) is 14.3. The van der Waals surface area contributed by atoms with E-state index in [9.17, 15) is 4.79 Å². The van der Waals surface area contributed by atoms with Crippen molar-refractivity contribution in [2.75, 3.05) is 36.9 Å². The normalized spacial score (nSPS) is 15.0. The number of pyridine rings is 1. The standard InChI is InChI=1S/C14H18N6O2/c15-13-12(14(16)21)10(18-19-13)7-9-1-2-11(17-8-9)20-3-5-22-6-4-20/h1-2,8H,3-7H2,(H2,16,21)(H3,15,18,19). The number of nitrogens with zero attached hydrogens (tertiary/aromatic N) is 3. The number of aromatic amines is 1. The minimum absolute atomic E-state index is 0.125. The number of hydrogen-bond acceptors (Lipinski definition) is 6. The Kier molecular flexibility index (Phi) is 3.92. The second kappa shape index (κ2) is 6.02. The molecule has 2 aromatic rings. The number of primary amides is 1. The van der Waals surface area contributed by atoms with E-state index >= 15 is 0 Å². The fourth-order valence-electron chi connectivity index (χ4n) is 2.50. The molecule has 0 aromatic carbocycles. The van der Waals surface area contributed by atoms with Gasteiger partial charge in [-0.2, -0.15) is 5.10 Å². The highest BCUT2D eigenvalue weighted by Crippen LogP contribution is 2.18. The quantitative estimate of drug-likeness (QED) is 0.725. The zero-order valence-electron chi connectivity index (χ0n) is 12.1. The van der Waals surface area contributed by atoms with E-state index in [-0.39, 0.29) is 11.4 Å². The van der Waals surface area contributed by atoms with Gasteiger partial charge in [0.25, 0.3) is 5.91 Å². The van der Waals surface area contributed by atoms with Crippen molar-refractivity contribution in [1.82, 2.24) is 15.2 Å². The lowest BCUT2D eigenvalue weighted by Gasteiger charge is -2.27. The number of nitrogens with two attached hydrogens (primary N) is 2. The second-order valence-corrected chi connectivity index (χ2v) is 5.13. The smallest absolute Gasteiger partial charge is 0.254 e. The minimum Gasteiger partial charge on any atom is -0.382 e. The van der Waals surface area contributed by atoms with Gasteiger partial charge in [0.1, 0.15) is 11.4 Å². The Morgan fingerprint density at radius 1 is 1.36 bits per heavy atom. The Bertz CT molecular complexity index is 660. The van der Waals surface area contributed by atoms with Crippen LogP contribution in [0.2, 0.25) is 0 Å². The molecule has 3 rings (SSSR count). The molecule has 2 aromatic heterocycles. The number of nitrogens with one attached hydrogen (secondary N) is 1. The van der Waals surface area contributed by atoms with Crippen LogP contribution in [0.5, 0.6) is 0 Å². The maximum Gasteiger partial charge on any atom is 0.254 e.